The van der Waals surface area contributed by atoms with Gasteiger partial charge in [-0.1, -0.05) is 0 Å². The molecule has 1 aromatic carbocycles. The fourth-order valence-electron chi connectivity index (χ4n) is 3.16. The Kier molecular flexibility index (Phi) is 3.72. The van der Waals surface area contributed by atoms with Crippen molar-refractivity contribution < 1.29 is 9.69 Å². The fourth-order valence-corrected chi connectivity index (χ4v) is 3.16. The summed E-state index contributed by atoms with van der Waals surface area (Å²) in [5.74, 6) is 0.172. The number of aromatic amines is 1. The molecular weight excluding hydrogens is 262 g/mol. The van der Waals surface area contributed by atoms with Crippen LogP contribution in [0, 0.1) is 13.8 Å². The molecule has 0 saturated carbocycles. The Morgan fingerprint density at radius 3 is 2.67 bits per heavy atom. The van der Waals surface area contributed by atoms with Gasteiger partial charge in [-0.2, -0.15) is 0 Å². The summed E-state index contributed by atoms with van der Waals surface area (Å²) in [6, 6.07) is 6.00. The van der Waals surface area contributed by atoms with Gasteiger partial charge in [0, 0.05) is 22.2 Å². The minimum atomic E-state index is 0.172. The molecule has 4 nitrogen and oxygen atoms in total. The van der Waals surface area contributed by atoms with Gasteiger partial charge >= 0.3 is 0 Å². The van der Waals surface area contributed by atoms with Gasteiger partial charge in [0.05, 0.1) is 32.7 Å². The van der Waals surface area contributed by atoms with Crippen molar-refractivity contribution in [1.82, 2.24) is 9.88 Å². The molecular formula is C17H24N3O+. The molecule has 0 bridgehead atoms. The molecule has 2 aromatic rings. The standard InChI is InChI=1S/C17H23N3O/c1-4-19-7-9-20(10-8-19)17(21)14-5-6-16-15(11-14)12(2)13(3)18-16/h5-6,11,18H,4,7-10H2,1-3H3/p+1. The van der Waals surface area contributed by atoms with Gasteiger partial charge in [-0.25, -0.2) is 0 Å². The van der Waals surface area contributed by atoms with Crippen LogP contribution in [0.25, 0.3) is 10.9 Å². The Morgan fingerprint density at radius 2 is 2.00 bits per heavy atom. The molecule has 0 aliphatic carbocycles. The number of rotatable bonds is 2. The van der Waals surface area contributed by atoms with E-state index in [1.54, 1.807) is 4.90 Å². The van der Waals surface area contributed by atoms with Crippen molar-refractivity contribution in [2.45, 2.75) is 20.8 Å². The van der Waals surface area contributed by atoms with Crippen molar-refractivity contribution in [3.63, 3.8) is 0 Å². The zero-order chi connectivity index (χ0) is 15.0. The molecule has 1 aliphatic heterocycles. The monoisotopic (exact) mass is 286 g/mol. The third kappa shape index (κ3) is 2.56. The van der Waals surface area contributed by atoms with Crippen LogP contribution in [0.15, 0.2) is 18.2 Å². The molecule has 1 amide bonds. The van der Waals surface area contributed by atoms with Gasteiger partial charge in [-0.15, -0.1) is 0 Å². The summed E-state index contributed by atoms with van der Waals surface area (Å²) in [6.07, 6.45) is 0. The number of likely N-dealkylation sites (N-methyl/N-ethyl adjacent to an activating group) is 1. The van der Waals surface area contributed by atoms with Crippen LogP contribution >= 0.6 is 0 Å². The van der Waals surface area contributed by atoms with Gasteiger partial charge in [0.2, 0.25) is 0 Å². The number of hydrogen-bond donors (Lipinski definition) is 2. The van der Waals surface area contributed by atoms with Gasteiger partial charge in [0.1, 0.15) is 0 Å². The molecule has 0 unspecified atom stereocenters. The Labute approximate surface area is 125 Å². The average Bonchev–Trinajstić information content (AvgIpc) is 2.81. The maximum atomic E-state index is 12.7. The van der Waals surface area contributed by atoms with Gasteiger partial charge < -0.3 is 14.8 Å². The second-order valence-electron chi connectivity index (χ2n) is 6.03. The zero-order valence-electron chi connectivity index (χ0n) is 13.1. The first-order valence-electron chi connectivity index (χ1n) is 7.82. The fraction of sp³-hybridized carbons (Fsp3) is 0.471. The Hall–Kier alpha value is -1.81. The van der Waals surface area contributed by atoms with E-state index in [9.17, 15) is 4.79 Å². The Bertz CT molecular complexity index is 666. The van der Waals surface area contributed by atoms with Crippen LogP contribution in [0.3, 0.4) is 0 Å². The van der Waals surface area contributed by atoms with Crippen LogP contribution in [-0.2, 0) is 0 Å². The SMILES string of the molecule is CC[NH+]1CCN(C(=O)c2ccc3[nH]c(C)c(C)c3c2)CC1. The van der Waals surface area contributed by atoms with E-state index in [-0.39, 0.29) is 5.91 Å². The largest absolute Gasteiger partial charge is 0.358 e. The van der Waals surface area contributed by atoms with E-state index in [2.05, 4.69) is 25.8 Å². The number of carbonyl (C=O) groups excluding carboxylic acids is 1. The predicted molar refractivity (Wildman–Crippen MR) is 84.9 cm³/mol. The molecule has 112 valence electrons. The summed E-state index contributed by atoms with van der Waals surface area (Å²) in [6.45, 7) is 11.4. The maximum absolute atomic E-state index is 12.7. The highest BCUT2D eigenvalue weighted by molar-refractivity contribution is 5.99. The third-order valence-electron chi connectivity index (χ3n) is 4.81. The summed E-state index contributed by atoms with van der Waals surface area (Å²) >= 11 is 0. The number of nitrogens with one attached hydrogen (secondary N) is 2. The van der Waals surface area contributed by atoms with Crippen molar-refractivity contribution in [1.29, 1.82) is 0 Å². The molecule has 0 spiro atoms. The number of nitrogens with zero attached hydrogens (tertiary/aromatic N) is 1. The van der Waals surface area contributed by atoms with E-state index in [0.717, 1.165) is 49.2 Å². The molecule has 1 aliphatic rings. The van der Waals surface area contributed by atoms with Crippen molar-refractivity contribution in [3.05, 3.63) is 35.0 Å². The molecule has 0 radical (unpaired) electrons. The van der Waals surface area contributed by atoms with Gasteiger partial charge in [0.25, 0.3) is 5.91 Å². The maximum Gasteiger partial charge on any atom is 0.254 e. The van der Waals surface area contributed by atoms with Crippen molar-refractivity contribution in [2.24, 2.45) is 0 Å². The second kappa shape index (κ2) is 5.53. The van der Waals surface area contributed by atoms with Crippen molar-refractivity contribution in [2.75, 3.05) is 32.7 Å². The molecule has 1 saturated heterocycles. The number of carbonyl (C=O) groups is 1. The van der Waals surface area contributed by atoms with Crippen LogP contribution in [-0.4, -0.2) is 48.5 Å². The number of amides is 1. The summed E-state index contributed by atoms with van der Waals surface area (Å²) in [5, 5.41) is 1.16. The number of piperazine rings is 1. The number of H-pyrrole nitrogens is 1. The normalized spacial score (nSPS) is 16.6. The molecule has 1 fully saturated rings. The summed E-state index contributed by atoms with van der Waals surface area (Å²) in [7, 11) is 0. The highest BCUT2D eigenvalue weighted by Crippen LogP contribution is 2.23. The third-order valence-corrected chi connectivity index (χ3v) is 4.81. The topological polar surface area (TPSA) is 40.5 Å². The van der Waals surface area contributed by atoms with Crippen molar-refractivity contribution >= 4 is 16.8 Å². The number of aromatic nitrogens is 1. The Morgan fingerprint density at radius 1 is 1.29 bits per heavy atom. The number of quaternary nitrogens is 1. The first-order valence-corrected chi connectivity index (χ1v) is 7.82. The lowest BCUT2D eigenvalue weighted by Crippen LogP contribution is -3.14. The van der Waals surface area contributed by atoms with Gasteiger partial charge in [0.15, 0.2) is 0 Å². The highest BCUT2D eigenvalue weighted by atomic mass is 16.2. The van der Waals surface area contributed by atoms with Gasteiger partial charge in [-0.05, 0) is 44.5 Å². The van der Waals surface area contributed by atoms with E-state index >= 15 is 0 Å². The lowest BCUT2D eigenvalue weighted by molar-refractivity contribution is -0.902. The Balaban J connectivity index is 1.83. The first kappa shape index (κ1) is 14.1. The summed E-state index contributed by atoms with van der Waals surface area (Å²) in [5.41, 5.74) is 4.33. The van der Waals surface area contributed by atoms with Gasteiger partial charge in [-0.3, -0.25) is 4.79 Å². The average molecular weight is 286 g/mol. The summed E-state index contributed by atoms with van der Waals surface area (Å²) < 4.78 is 0. The van der Waals surface area contributed by atoms with Crippen LogP contribution in [0.5, 0.6) is 0 Å². The number of fused-ring (bicyclic) bond motifs is 1. The first-order chi connectivity index (χ1) is 10.1. The summed E-state index contributed by atoms with van der Waals surface area (Å²) in [4.78, 5) is 19.6. The smallest absolute Gasteiger partial charge is 0.254 e. The zero-order valence-corrected chi connectivity index (χ0v) is 13.1. The molecule has 4 heteroatoms. The minimum Gasteiger partial charge on any atom is -0.358 e. The van der Waals surface area contributed by atoms with E-state index < -0.39 is 0 Å². The van der Waals surface area contributed by atoms with E-state index in [0.29, 0.717) is 0 Å². The number of benzene rings is 1. The second-order valence-corrected chi connectivity index (χ2v) is 6.03. The molecule has 3 rings (SSSR count). The van der Waals surface area contributed by atoms with Crippen molar-refractivity contribution in [3.8, 4) is 0 Å². The van der Waals surface area contributed by atoms with E-state index in [1.807, 2.05) is 23.1 Å². The quantitative estimate of drug-likeness (QED) is 0.854. The highest BCUT2D eigenvalue weighted by Gasteiger charge is 2.23. The molecule has 21 heavy (non-hydrogen) atoms. The lowest BCUT2D eigenvalue weighted by Gasteiger charge is -2.31. The minimum absolute atomic E-state index is 0.172. The molecule has 2 N–H and O–H groups in total. The predicted octanol–water partition coefficient (Wildman–Crippen LogP) is 1.15. The van der Waals surface area contributed by atoms with Crippen LogP contribution in [0.2, 0.25) is 0 Å². The molecule has 2 heterocycles. The van der Waals surface area contributed by atoms with Crippen LogP contribution in [0.1, 0.15) is 28.5 Å². The van der Waals surface area contributed by atoms with E-state index in [4.69, 9.17) is 0 Å². The number of hydrogen-bond acceptors (Lipinski definition) is 1. The van der Waals surface area contributed by atoms with Crippen LogP contribution in [0.4, 0.5) is 0 Å². The van der Waals surface area contributed by atoms with Crippen LogP contribution < -0.4 is 4.90 Å². The molecule has 0 atom stereocenters. The molecule has 1 aromatic heterocycles. The van der Waals surface area contributed by atoms with E-state index in [1.165, 1.54) is 11.3 Å². The lowest BCUT2D eigenvalue weighted by atomic mass is 10.1. The number of aryl methyl sites for hydroxylation is 2.